The molecule has 2 amide bonds. The first-order chi connectivity index (χ1) is 10.5. The first-order valence-corrected chi connectivity index (χ1v) is 7.97. The molecule has 0 fully saturated rings. The maximum Gasteiger partial charge on any atom is 0.253 e. The van der Waals surface area contributed by atoms with Gasteiger partial charge in [-0.2, -0.15) is 0 Å². The molecule has 0 heterocycles. The Morgan fingerprint density at radius 3 is 2.18 bits per heavy atom. The molecule has 0 saturated carbocycles. The van der Waals surface area contributed by atoms with Crippen LogP contribution in [0.15, 0.2) is 24.3 Å². The summed E-state index contributed by atoms with van der Waals surface area (Å²) in [7, 11) is 0. The van der Waals surface area contributed by atoms with Gasteiger partial charge in [0.05, 0.1) is 6.54 Å². The van der Waals surface area contributed by atoms with Crippen LogP contribution in [0, 0.1) is 0 Å². The van der Waals surface area contributed by atoms with Crippen molar-refractivity contribution >= 4 is 17.5 Å². The van der Waals surface area contributed by atoms with E-state index in [1.807, 2.05) is 32.6 Å². The van der Waals surface area contributed by atoms with Crippen molar-refractivity contribution < 1.29 is 9.59 Å². The van der Waals surface area contributed by atoms with E-state index in [2.05, 4.69) is 5.32 Å². The highest BCUT2D eigenvalue weighted by atomic mass is 16.2. The van der Waals surface area contributed by atoms with Gasteiger partial charge < -0.3 is 10.2 Å². The molecule has 0 radical (unpaired) electrons. The molecule has 0 unspecified atom stereocenters. The molecule has 1 aromatic carbocycles. The third-order valence-corrected chi connectivity index (χ3v) is 3.71. The van der Waals surface area contributed by atoms with Gasteiger partial charge in [-0.05, 0) is 45.1 Å². The van der Waals surface area contributed by atoms with Crippen molar-refractivity contribution in [1.29, 1.82) is 0 Å². The number of anilines is 1. The quantitative estimate of drug-likeness (QED) is 0.802. The second kappa shape index (κ2) is 9.20. The number of hydrogen-bond acceptors (Lipinski definition) is 3. The summed E-state index contributed by atoms with van der Waals surface area (Å²) in [6.07, 6.45) is 0. The van der Waals surface area contributed by atoms with Crippen molar-refractivity contribution in [3.63, 3.8) is 0 Å². The van der Waals surface area contributed by atoms with E-state index in [1.54, 1.807) is 29.2 Å². The van der Waals surface area contributed by atoms with Crippen LogP contribution in [-0.2, 0) is 4.79 Å². The largest absolute Gasteiger partial charge is 0.339 e. The summed E-state index contributed by atoms with van der Waals surface area (Å²) in [5, 5.41) is 2.86. The van der Waals surface area contributed by atoms with Gasteiger partial charge in [-0.15, -0.1) is 0 Å². The predicted octanol–water partition coefficient (Wildman–Crippen LogP) is 2.45. The molecule has 0 aliphatic rings. The summed E-state index contributed by atoms with van der Waals surface area (Å²) >= 11 is 0. The Hall–Kier alpha value is -1.88. The number of benzene rings is 1. The zero-order valence-electron chi connectivity index (χ0n) is 14.1. The highest BCUT2D eigenvalue weighted by Gasteiger charge is 2.13. The Balaban J connectivity index is 2.76. The molecule has 1 aromatic rings. The van der Waals surface area contributed by atoms with Crippen LogP contribution < -0.4 is 5.32 Å². The second-order valence-electron chi connectivity index (χ2n) is 5.07. The maximum atomic E-state index is 12.3. The number of carbonyl (C=O) groups excluding carboxylic acids is 2. The van der Waals surface area contributed by atoms with Crippen molar-refractivity contribution in [2.75, 3.05) is 38.0 Å². The summed E-state index contributed by atoms with van der Waals surface area (Å²) in [5.41, 5.74) is 1.26. The number of rotatable bonds is 8. The third-order valence-electron chi connectivity index (χ3n) is 3.71. The lowest BCUT2D eigenvalue weighted by Gasteiger charge is -2.19. The van der Waals surface area contributed by atoms with Crippen molar-refractivity contribution in [3.05, 3.63) is 29.8 Å². The van der Waals surface area contributed by atoms with E-state index < -0.39 is 0 Å². The fraction of sp³-hybridized carbons (Fsp3) is 0.529. The third kappa shape index (κ3) is 5.15. The minimum absolute atomic E-state index is 0.00941. The van der Waals surface area contributed by atoms with E-state index in [0.29, 0.717) is 30.9 Å². The highest BCUT2D eigenvalue weighted by Crippen LogP contribution is 2.13. The number of nitrogens with zero attached hydrogens (tertiary/aromatic N) is 2. The van der Waals surface area contributed by atoms with Crippen LogP contribution in [0.3, 0.4) is 0 Å². The number of hydrogen-bond donors (Lipinski definition) is 1. The topological polar surface area (TPSA) is 52.7 Å². The number of nitrogens with one attached hydrogen (secondary N) is 1. The molecule has 0 aromatic heterocycles. The van der Waals surface area contributed by atoms with Gasteiger partial charge >= 0.3 is 0 Å². The normalized spacial score (nSPS) is 10.6. The molecule has 0 aliphatic carbocycles. The molecular weight excluding hydrogens is 278 g/mol. The van der Waals surface area contributed by atoms with Gasteiger partial charge in [0.15, 0.2) is 0 Å². The average molecular weight is 305 g/mol. The van der Waals surface area contributed by atoms with Gasteiger partial charge in [-0.25, -0.2) is 0 Å². The highest BCUT2D eigenvalue weighted by molar-refractivity contribution is 5.97. The van der Waals surface area contributed by atoms with E-state index in [9.17, 15) is 9.59 Å². The van der Waals surface area contributed by atoms with E-state index >= 15 is 0 Å². The first kappa shape index (κ1) is 18.2. The Labute approximate surface area is 133 Å². The van der Waals surface area contributed by atoms with E-state index in [1.165, 1.54) is 0 Å². The molecular formula is C17H27N3O2. The fourth-order valence-corrected chi connectivity index (χ4v) is 2.27. The lowest BCUT2D eigenvalue weighted by molar-refractivity contribution is -0.117. The summed E-state index contributed by atoms with van der Waals surface area (Å²) < 4.78 is 0. The summed E-state index contributed by atoms with van der Waals surface area (Å²) in [5.74, 6) is -0.0685. The minimum Gasteiger partial charge on any atom is -0.339 e. The number of likely N-dealkylation sites (N-methyl/N-ethyl adjacent to an activating group) is 1. The van der Waals surface area contributed by atoms with Crippen LogP contribution >= 0.6 is 0 Å². The van der Waals surface area contributed by atoms with Crippen LogP contribution in [0.1, 0.15) is 38.1 Å². The van der Waals surface area contributed by atoms with E-state index in [-0.39, 0.29) is 11.8 Å². The molecule has 1 rings (SSSR count). The van der Waals surface area contributed by atoms with Crippen LogP contribution in [0.5, 0.6) is 0 Å². The van der Waals surface area contributed by atoms with E-state index in [0.717, 1.165) is 13.1 Å². The minimum atomic E-state index is -0.0591. The lowest BCUT2D eigenvalue weighted by atomic mass is 10.1. The van der Waals surface area contributed by atoms with Gasteiger partial charge in [-0.1, -0.05) is 19.9 Å². The lowest BCUT2D eigenvalue weighted by Crippen LogP contribution is -2.33. The zero-order chi connectivity index (χ0) is 16.5. The Morgan fingerprint density at radius 1 is 1.00 bits per heavy atom. The monoisotopic (exact) mass is 305 g/mol. The van der Waals surface area contributed by atoms with Crippen LogP contribution in [0.4, 0.5) is 5.69 Å². The summed E-state index contributed by atoms with van der Waals surface area (Å²) in [4.78, 5) is 28.1. The average Bonchev–Trinajstić information content (AvgIpc) is 2.53. The van der Waals surface area contributed by atoms with Crippen molar-refractivity contribution in [2.45, 2.75) is 27.7 Å². The zero-order valence-corrected chi connectivity index (χ0v) is 14.1. The molecule has 122 valence electrons. The SMILES string of the molecule is CCN(CC)CC(=O)Nc1cccc(C(=O)N(CC)CC)c1. The Kier molecular flexibility index (Phi) is 7.60. The van der Waals surface area contributed by atoms with Gasteiger partial charge in [0, 0.05) is 24.3 Å². The van der Waals surface area contributed by atoms with E-state index in [4.69, 9.17) is 0 Å². The molecule has 5 heteroatoms. The van der Waals surface area contributed by atoms with Crippen LogP contribution in [0.25, 0.3) is 0 Å². The van der Waals surface area contributed by atoms with Crippen molar-refractivity contribution in [3.8, 4) is 0 Å². The van der Waals surface area contributed by atoms with Gasteiger partial charge in [0.1, 0.15) is 0 Å². The molecule has 22 heavy (non-hydrogen) atoms. The van der Waals surface area contributed by atoms with Crippen molar-refractivity contribution in [2.24, 2.45) is 0 Å². The van der Waals surface area contributed by atoms with Crippen LogP contribution in [-0.4, -0.2) is 54.3 Å². The fourth-order valence-electron chi connectivity index (χ4n) is 2.27. The summed E-state index contributed by atoms with van der Waals surface area (Å²) in [6, 6.07) is 7.12. The van der Waals surface area contributed by atoms with Gasteiger partial charge in [0.2, 0.25) is 5.91 Å². The van der Waals surface area contributed by atoms with Crippen molar-refractivity contribution in [1.82, 2.24) is 9.80 Å². The molecule has 0 spiro atoms. The smallest absolute Gasteiger partial charge is 0.253 e. The molecule has 0 saturated heterocycles. The maximum absolute atomic E-state index is 12.3. The summed E-state index contributed by atoms with van der Waals surface area (Å²) in [6.45, 7) is 11.4. The molecule has 0 atom stereocenters. The second-order valence-corrected chi connectivity index (χ2v) is 5.07. The molecule has 5 nitrogen and oxygen atoms in total. The number of carbonyl (C=O) groups is 2. The predicted molar refractivity (Wildman–Crippen MR) is 90.1 cm³/mol. The first-order valence-electron chi connectivity index (χ1n) is 7.97. The molecule has 0 aliphatic heterocycles. The van der Waals surface area contributed by atoms with Crippen LogP contribution in [0.2, 0.25) is 0 Å². The standard InChI is InChI=1S/C17H27N3O2/c1-5-19(6-2)13-16(21)18-15-11-9-10-14(12-15)17(22)20(7-3)8-4/h9-12H,5-8,13H2,1-4H3,(H,18,21). The molecule has 0 bridgehead atoms. The molecule has 1 N–H and O–H groups in total. The van der Waals surface area contributed by atoms with Gasteiger partial charge in [0.25, 0.3) is 5.91 Å². The van der Waals surface area contributed by atoms with Gasteiger partial charge in [-0.3, -0.25) is 14.5 Å². The Bertz CT molecular complexity index is 494. The Morgan fingerprint density at radius 2 is 1.64 bits per heavy atom. The number of amides is 2.